The Kier molecular flexibility index (Phi) is 6.68. The summed E-state index contributed by atoms with van der Waals surface area (Å²) in [4.78, 5) is 7.54. The van der Waals surface area contributed by atoms with E-state index in [9.17, 15) is 0 Å². The number of nitrogens with zero attached hydrogens (tertiary/aromatic N) is 3. The van der Waals surface area contributed by atoms with E-state index >= 15 is 0 Å². The number of nitrogens with one attached hydrogen (secondary N) is 1. The molecule has 0 radical (unpaired) electrons. The largest absolute Gasteiger partial charge is 0.312 e. The predicted molar refractivity (Wildman–Crippen MR) is 90.8 cm³/mol. The van der Waals surface area contributed by atoms with Gasteiger partial charge in [-0.3, -0.25) is 9.80 Å². The molecule has 1 N–H and O–H groups in total. The van der Waals surface area contributed by atoms with Crippen LogP contribution in [0.1, 0.15) is 26.7 Å². The Morgan fingerprint density at radius 3 is 2.48 bits per heavy atom. The smallest absolute Gasteiger partial charge is 0.0345 e. The van der Waals surface area contributed by atoms with Gasteiger partial charge < -0.3 is 10.2 Å². The zero-order valence-electron chi connectivity index (χ0n) is 14.4. The predicted octanol–water partition coefficient (Wildman–Crippen LogP) is 1.25. The molecule has 0 aromatic rings. The van der Waals surface area contributed by atoms with Crippen LogP contribution in [0.25, 0.3) is 0 Å². The van der Waals surface area contributed by atoms with E-state index < -0.39 is 0 Å². The van der Waals surface area contributed by atoms with Crippen LogP contribution in [-0.4, -0.2) is 86.7 Å². The summed E-state index contributed by atoms with van der Waals surface area (Å²) < 4.78 is 0. The van der Waals surface area contributed by atoms with Gasteiger partial charge in [-0.25, -0.2) is 0 Å². The highest BCUT2D eigenvalue weighted by Crippen LogP contribution is 2.12. The number of hydrogen-bond acceptors (Lipinski definition) is 4. The van der Waals surface area contributed by atoms with E-state index in [1.54, 1.807) is 0 Å². The Labute approximate surface area is 131 Å². The summed E-state index contributed by atoms with van der Waals surface area (Å²) in [5.74, 6) is 0. The second kappa shape index (κ2) is 8.28. The first kappa shape index (κ1) is 16.9. The summed E-state index contributed by atoms with van der Waals surface area (Å²) in [5.41, 5.74) is 1.43. The molecule has 4 heteroatoms. The normalized spacial score (nSPS) is 27.0. The standard InChI is InChI=1S/C17H34N4/c1-15(2)5-8-21-9-6-16(7-10-21)18-13-17-14-19(3)11-12-20(17)4/h5,16-18H,6-14H2,1-4H3. The molecule has 0 aromatic carbocycles. The fourth-order valence-electron chi connectivity index (χ4n) is 3.26. The fourth-order valence-corrected chi connectivity index (χ4v) is 3.26. The van der Waals surface area contributed by atoms with Gasteiger partial charge in [0, 0.05) is 44.8 Å². The van der Waals surface area contributed by atoms with Gasteiger partial charge in [-0.05, 0) is 53.9 Å². The summed E-state index contributed by atoms with van der Waals surface area (Å²) in [6.07, 6.45) is 4.94. The molecule has 1 atom stereocenters. The molecule has 0 aliphatic carbocycles. The molecule has 4 nitrogen and oxygen atoms in total. The van der Waals surface area contributed by atoms with Crippen molar-refractivity contribution in [2.45, 2.75) is 38.8 Å². The number of hydrogen-bond donors (Lipinski definition) is 1. The Bertz CT molecular complexity index is 330. The Morgan fingerprint density at radius 2 is 1.81 bits per heavy atom. The third-order valence-electron chi connectivity index (χ3n) is 4.97. The van der Waals surface area contributed by atoms with E-state index in [0.717, 1.165) is 13.1 Å². The van der Waals surface area contributed by atoms with Crippen LogP contribution in [0.2, 0.25) is 0 Å². The molecular formula is C17H34N4. The first-order chi connectivity index (χ1) is 10.0. The van der Waals surface area contributed by atoms with Crippen LogP contribution in [0.15, 0.2) is 11.6 Å². The minimum absolute atomic E-state index is 0.674. The van der Waals surface area contributed by atoms with Crippen molar-refractivity contribution in [3.8, 4) is 0 Å². The van der Waals surface area contributed by atoms with Crippen LogP contribution >= 0.6 is 0 Å². The van der Waals surface area contributed by atoms with Gasteiger partial charge in [-0.2, -0.15) is 0 Å². The van der Waals surface area contributed by atoms with Crippen LogP contribution in [-0.2, 0) is 0 Å². The monoisotopic (exact) mass is 294 g/mol. The Hall–Kier alpha value is -0.420. The number of rotatable bonds is 5. The third-order valence-corrected chi connectivity index (χ3v) is 4.97. The van der Waals surface area contributed by atoms with Gasteiger partial charge in [0.25, 0.3) is 0 Å². The molecule has 122 valence electrons. The van der Waals surface area contributed by atoms with Crippen LogP contribution in [0, 0.1) is 0 Å². The van der Waals surface area contributed by atoms with Crippen molar-refractivity contribution in [2.24, 2.45) is 0 Å². The topological polar surface area (TPSA) is 21.8 Å². The van der Waals surface area contributed by atoms with Gasteiger partial charge in [0.05, 0.1) is 0 Å². The van der Waals surface area contributed by atoms with Crippen molar-refractivity contribution in [1.82, 2.24) is 20.0 Å². The lowest BCUT2D eigenvalue weighted by Gasteiger charge is -2.39. The summed E-state index contributed by atoms with van der Waals surface area (Å²) in [5, 5.41) is 3.82. The van der Waals surface area contributed by atoms with Gasteiger partial charge >= 0.3 is 0 Å². The Balaban J connectivity index is 1.65. The lowest BCUT2D eigenvalue weighted by atomic mass is 10.0. The van der Waals surface area contributed by atoms with Gasteiger partial charge in [0.1, 0.15) is 0 Å². The first-order valence-corrected chi connectivity index (χ1v) is 8.52. The number of piperazine rings is 1. The maximum Gasteiger partial charge on any atom is 0.0345 e. The maximum atomic E-state index is 3.82. The third kappa shape index (κ3) is 5.70. The highest BCUT2D eigenvalue weighted by Gasteiger charge is 2.24. The number of allylic oxidation sites excluding steroid dienone is 1. The van der Waals surface area contributed by atoms with Crippen LogP contribution < -0.4 is 5.32 Å². The molecule has 2 fully saturated rings. The molecule has 0 spiro atoms. The lowest BCUT2D eigenvalue weighted by molar-refractivity contribution is 0.107. The highest BCUT2D eigenvalue weighted by atomic mass is 15.3. The molecule has 2 saturated heterocycles. The van der Waals surface area contributed by atoms with Crippen molar-refractivity contribution < 1.29 is 0 Å². The molecule has 0 saturated carbocycles. The molecule has 1 unspecified atom stereocenters. The average Bonchev–Trinajstić information content (AvgIpc) is 2.47. The minimum atomic E-state index is 0.674. The second-order valence-corrected chi connectivity index (χ2v) is 7.16. The molecule has 2 aliphatic heterocycles. The minimum Gasteiger partial charge on any atom is -0.312 e. The summed E-state index contributed by atoms with van der Waals surface area (Å²) in [6, 6.07) is 1.39. The fraction of sp³-hybridized carbons (Fsp3) is 0.882. The van der Waals surface area contributed by atoms with Crippen molar-refractivity contribution >= 4 is 0 Å². The number of likely N-dealkylation sites (N-methyl/N-ethyl adjacent to an activating group) is 2. The summed E-state index contributed by atoms with van der Waals surface area (Å²) >= 11 is 0. The maximum absolute atomic E-state index is 3.82. The molecule has 21 heavy (non-hydrogen) atoms. The quantitative estimate of drug-likeness (QED) is 0.771. The Morgan fingerprint density at radius 1 is 1.10 bits per heavy atom. The van der Waals surface area contributed by atoms with Gasteiger partial charge in [0.2, 0.25) is 0 Å². The zero-order valence-corrected chi connectivity index (χ0v) is 14.4. The van der Waals surface area contributed by atoms with Crippen LogP contribution in [0.4, 0.5) is 0 Å². The van der Waals surface area contributed by atoms with E-state index in [1.165, 1.54) is 51.1 Å². The van der Waals surface area contributed by atoms with Crippen LogP contribution in [0.3, 0.4) is 0 Å². The summed E-state index contributed by atoms with van der Waals surface area (Å²) in [6.45, 7) is 12.7. The molecular weight excluding hydrogens is 260 g/mol. The van der Waals surface area contributed by atoms with Gasteiger partial charge in [-0.1, -0.05) is 11.6 Å². The number of piperidine rings is 1. The van der Waals surface area contributed by atoms with E-state index in [4.69, 9.17) is 0 Å². The molecule has 0 aromatic heterocycles. The lowest BCUT2D eigenvalue weighted by Crippen LogP contribution is -2.55. The van der Waals surface area contributed by atoms with E-state index in [1.807, 2.05) is 0 Å². The van der Waals surface area contributed by atoms with Crippen molar-refractivity contribution in [3.05, 3.63) is 11.6 Å². The molecule has 2 heterocycles. The highest BCUT2D eigenvalue weighted by molar-refractivity contribution is 4.95. The van der Waals surface area contributed by atoms with E-state index in [2.05, 4.69) is 54.0 Å². The first-order valence-electron chi connectivity index (χ1n) is 8.52. The SMILES string of the molecule is CC(C)=CCN1CCC(NCC2CN(C)CCN2C)CC1. The van der Waals surface area contributed by atoms with Crippen molar-refractivity contribution in [1.29, 1.82) is 0 Å². The second-order valence-electron chi connectivity index (χ2n) is 7.16. The van der Waals surface area contributed by atoms with E-state index in [0.29, 0.717) is 12.1 Å². The van der Waals surface area contributed by atoms with Gasteiger partial charge in [-0.15, -0.1) is 0 Å². The van der Waals surface area contributed by atoms with E-state index in [-0.39, 0.29) is 0 Å². The summed E-state index contributed by atoms with van der Waals surface area (Å²) in [7, 11) is 4.50. The molecule has 0 amide bonds. The average molecular weight is 294 g/mol. The molecule has 0 bridgehead atoms. The molecule has 2 rings (SSSR count). The molecule has 2 aliphatic rings. The van der Waals surface area contributed by atoms with Crippen molar-refractivity contribution in [3.63, 3.8) is 0 Å². The van der Waals surface area contributed by atoms with Gasteiger partial charge in [0.15, 0.2) is 0 Å². The van der Waals surface area contributed by atoms with Crippen LogP contribution in [0.5, 0.6) is 0 Å². The van der Waals surface area contributed by atoms with Crippen molar-refractivity contribution in [2.75, 3.05) is 59.9 Å². The zero-order chi connectivity index (χ0) is 15.2. The number of likely N-dealkylation sites (tertiary alicyclic amines) is 1.